The van der Waals surface area contributed by atoms with Gasteiger partial charge in [-0.3, -0.25) is 14.1 Å². The van der Waals surface area contributed by atoms with Crippen LogP contribution < -0.4 is 0 Å². The van der Waals surface area contributed by atoms with Crippen molar-refractivity contribution < 1.29 is 13.9 Å². The minimum absolute atomic E-state index is 0.234. The van der Waals surface area contributed by atoms with Crippen molar-refractivity contribution in [2.75, 3.05) is 26.4 Å². The van der Waals surface area contributed by atoms with Crippen molar-refractivity contribution in [3.8, 4) is 0 Å². The lowest BCUT2D eigenvalue weighted by atomic mass is 9.98. The van der Waals surface area contributed by atoms with Gasteiger partial charge in [0.2, 0.25) is 0 Å². The molecule has 0 unspecified atom stereocenters. The smallest absolute Gasteiger partial charge is 0.310 e. The molecule has 1 aliphatic rings. The fraction of sp³-hybridized carbons (Fsp3) is 0.533. The molecule has 3 nitrogen and oxygen atoms in total. The van der Waals surface area contributed by atoms with Gasteiger partial charge in [0.15, 0.2) is 0 Å². The van der Waals surface area contributed by atoms with Gasteiger partial charge in [0, 0.05) is 25.6 Å². The van der Waals surface area contributed by atoms with E-state index in [2.05, 4.69) is 4.90 Å². The number of hydrogen-bond donors (Lipinski definition) is 0. The number of esters is 1. The highest BCUT2D eigenvalue weighted by Crippen LogP contribution is 2.26. The fourth-order valence-corrected chi connectivity index (χ4v) is 2.60. The van der Waals surface area contributed by atoms with Crippen molar-refractivity contribution in [3.05, 3.63) is 35.9 Å². The van der Waals surface area contributed by atoms with E-state index in [9.17, 15) is 9.18 Å². The molecular weight excluding hydrogens is 245 g/mol. The number of likely N-dealkylation sites (tertiary alicyclic amines) is 1. The maximum atomic E-state index is 13.0. The molecule has 104 valence electrons. The van der Waals surface area contributed by atoms with Crippen LogP contribution >= 0.6 is 0 Å². The molecule has 0 aliphatic carbocycles. The van der Waals surface area contributed by atoms with Crippen LogP contribution in [-0.4, -0.2) is 37.2 Å². The Hall–Kier alpha value is -1.42. The normalized spacial score (nSPS) is 23.5. The van der Waals surface area contributed by atoms with Gasteiger partial charge in [-0.25, -0.2) is 0 Å². The van der Waals surface area contributed by atoms with Crippen LogP contribution in [0, 0.1) is 11.8 Å². The van der Waals surface area contributed by atoms with Gasteiger partial charge in [0.1, 0.15) is 0 Å². The monoisotopic (exact) mass is 265 g/mol. The fourth-order valence-electron chi connectivity index (χ4n) is 2.60. The summed E-state index contributed by atoms with van der Waals surface area (Å²) < 4.78 is 18.1. The molecule has 0 amide bonds. The van der Waals surface area contributed by atoms with Crippen molar-refractivity contribution in [1.82, 2.24) is 4.90 Å². The lowest BCUT2D eigenvalue weighted by Gasteiger charge is -2.15. The van der Waals surface area contributed by atoms with Crippen LogP contribution in [0.1, 0.15) is 12.5 Å². The zero-order valence-electron chi connectivity index (χ0n) is 11.2. The van der Waals surface area contributed by atoms with E-state index in [0.717, 1.165) is 6.54 Å². The minimum Gasteiger partial charge on any atom is -0.466 e. The molecule has 0 aromatic heterocycles. The first-order chi connectivity index (χ1) is 9.24. The molecular formula is C15H20FNO2. The Bertz CT molecular complexity index is 410. The van der Waals surface area contributed by atoms with Gasteiger partial charge < -0.3 is 4.74 Å². The Balaban J connectivity index is 1.97. The van der Waals surface area contributed by atoms with E-state index in [4.69, 9.17) is 4.74 Å². The molecule has 1 fully saturated rings. The summed E-state index contributed by atoms with van der Waals surface area (Å²) in [7, 11) is 0. The Morgan fingerprint density at radius 2 is 2.11 bits per heavy atom. The van der Waals surface area contributed by atoms with E-state index in [1.54, 1.807) is 6.92 Å². The topological polar surface area (TPSA) is 29.5 Å². The average Bonchev–Trinajstić information content (AvgIpc) is 2.83. The van der Waals surface area contributed by atoms with E-state index in [1.807, 2.05) is 30.3 Å². The van der Waals surface area contributed by atoms with E-state index in [0.29, 0.717) is 19.7 Å². The number of carbonyl (C=O) groups is 1. The van der Waals surface area contributed by atoms with E-state index < -0.39 is 6.67 Å². The summed E-state index contributed by atoms with van der Waals surface area (Å²) in [5.74, 6) is -0.822. The largest absolute Gasteiger partial charge is 0.466 e. The molecule has 0 radical (unpaired) electrons. The first-order valence-corrected chi connectivity index (χ1v) is 6.73. The summed E-state index contributed by atoms with van der Waals surface area (Å²) in [5, 5.41) is 0. The summed E-state index contributed by atoms with van der Waals surface area (Å²) in [6, 6.07) is 10.0. The molecule has 0 saturated carbocycles. The zero-order chi connectivity index (χ0) is 13.7. The number of carbonyl (C=O) groups excluding carboxylic acids is 1. The van der Waals surface area contributed by atoms with E-state index >= 15 is 0 Å². The quantitative estimate of drug-likeness (QED) is 0.765. The predicted molar refractivity (Wildman–Crippen MR) is 71.3 cm³/mol. The maximum absolute atomic E-state index is 13.0. The van der Waals surface area contributed by atoms with Crippen LogP contribution in [0.2, 0.25) is 0 Å². The summed E-state index contributed by atoms with van der Waals surface area (Å²) in [4.78, 5) is 13.9. The van der Waals surface area contributed by atoms with Crippen molar-refractivity contribution in [2.45, 2.75) is 13.5 Å². The molecule has 1 saturated heterocycles. The van der Waals surface area contributed by atoms with Gasteiger partial charge in [-0.2, -0.15) is 0 Å². The van der Waals surface area contributed by atoms with Crippen LogP contribution in [-0.2, 0) is 16.1 Å². The van der Waals surface area contributed by atoms with Crippen LogP contribution in [0.4, 0.5) is 4.39 Å². The third-order valence-electron chi connectivity index (χ3n) is 3.55. The molecule has 1 aromatic rings. The number of nitrogens with zero attached hydrogens (tertiary/aromatic N) is 1. The molecule has 0 N–H and O–H groups in total. The van der Waals surface area contributed by atoms with Crippen LogP contribution in [0.15, 0.2) is 30.3 Å². The Labute approximate surface area is 113 Å². The van der Waals surface area contributed by atoms with E-state index in [1.165, 1.54) is 5.56 Å². The highest BCUT2D eigenvalue weighted by atomic mass is 19.1. The second kappa shape index (κ2) is 6.66. The molecule has 1 aliphatic heterocycles. The van der Waals surface area contributed by atoms with Gasteiger partial charge in [-0.1, -0.05) is 30.3 Å². The lowest BCUT2D eigenvalue weighted by molar-refractivity contribution is -0.149. The Kier molecular flexibility index (Phi) is 4.91. The summed E-state index contributed by atoms with van der Waals surface area (Å²) >= 11 is 0. The Morgan fingerprint density at radius 1 is 1.37 bits per heavy atom. The number of rotatable bonds is 5. The van der Waals surface area contributed by atoms with E-state index in [-0.39, 0.29) is 17.8 Å². The minimum atomic E-state index is -0.464. The first-order valence-electron chi connectivity index (χ1n) is 6.73. The molecule has 2 rings (SSSR count). The molecule has 4 heteroatoms. The van der Waals surface area contributed by atoms with Crippen molar-refractivity contribution in [2.24, 2.45) is 11.8 Å². The number of alkyl halides is 1. The second-order valence-corrected chi connectivity index (χ2v) is 4.95. The van der Waals surface area contributed by atoms with Crippen molar-refractivity contribution >= 4 is 5.97 Å². The van der Waals surface area contributed by atoms with Crippen LogP contribution in [0.5, 0.6) is 0 Å². The standard InChI is InChI=1S/C15H20FNO2/c1-2-19-15(18)14-11-17(10-13(14)8-16)9-12-6-4-3-5-7-12/h3-7,13-14H,2,8-11H2,1H3/t13-,14-/m1/s1. The van der Waals surface area contributed by atoms with Crippen LogP contribution in [0.3, 0.4) is 0 Å². The average molecular weight is 265 g/mol. The van der Waals surface area contributed by atoms with Gasteiger partial charge in [-0.05, 0) is 12.5 Å². The number of halogens is 1. The number of benzene rings is 1. The first kappa shape index (κ1) is 14.0. The van der Waals surface area contributed by atoms with Gasteiger partial charge in [0.05, 0.1) is 19.2 Å². The third kappa shape index (κ3) is 3.53. The molecule has 2 atom stereocenters. The highest BCUT2D eigenvalue weighted by Gasteiger charge is 2.38. The number of ether oxygens (including phenoxy) is 1. The van der Waals surface area contributed by atoms with Gasteiger partial charge in [-0.15, -0.1) is 0 Å². The number of hydrogen-bond acceptors (Lipinski definition) is 3. The molecule has 0 bridgehead atoms. The second-order valence-electron chi connectivity index (χ2n) is 4.95. The molecule has 1 heterocycles. The maximum Gasteiger partial charge on any atom is 0.310 e. The Morgan fingerprint density at radius 3 is 2.74 bits per heavy atom. The summed E-state index contributed by atoms with van der Waals surface area (Å²) in [6.07, 6.45) is 0. The summed E-state index contributed by atoms with van der Waals surface area (Å²) in [5.41, 5.74) is 1.18. The predicted octanol–water partition coefficient (Wildman–Crippen LogP) is 2.27. The van der Waals surface area contributed by atoms with Gasteiger partial charge >= 0.3 is 5.97 Å². The highest BCUT2D eigenvalue weighted by molar-refractivity contribution is 5.73. The molecule has 19 heavy (non-hydrogen) atoms. The SMILES string of the molecule is CCOC(=O)[C@@H]1CN(Cc2ccccc2)C[C@H]1CF. The van der Waals surface area contributed by atoms with Crippen molar-refractivity contribution in [1.29, 1.82) is 0 Å². The zero-order valence-corrected chi connectivity index (χ0v) is 11.2. The van der Waals surface area contributed by atoms with Gasteiger partial charge in [0.25, 0.3) is 0 Å². The summed E-state index contributed by atoms with van der Waals surface area (Å²) in [6.45, 7) is 3.63. The lowest BCUT2D eigenvalue weighted by Crippen LogP contribution is -2.26. The molecule has 0 spiro atoms. The van der Waals surface area contributed by atoms with Crippen LogP contribution in [0.25, 0.3) is 0 Å². The molecule has 1 aromatic carbocycles. The van der Waals surface area contributed by atoms with Crippen molar-refractivity contribution in [3.63, 3.8) is 0 Å². The third-order valence-corrected chi connectivity index (χ3v) is 3.55.